The molecule has 4 rings (SSSR count). The van der Waals surface area contributed by atoms with E-state index in [0.717, 1.165) is 23.3 Å². The zero-order valence-electron chi connectivity index (χ0n) is 19.2. The lowest BCUT2D eigenvalue weighted by molar-refractivity contribution is -0.118. The van der Waals surface area contributed by atoms with Crippen molar-refractivity contribution in [1.29, 1.82) is 0 Å². The molecule has 3 aromatic rings. The minimum absolute atomic E-state index is 0.162. The first-order valence-corrected chi connectivity index (χ1v) is 12.2. The molecule has 0 N–H and O–H groups in total. The highest BCUT2D eigenvalue weighted by molar-refractivity contribution is 7.99. The molecule has 172 valence electrons. The van der Waals surface area contributed by atoms with Crippen molar-refractivity contribution in [1.82, 2.24) is 15.2 Å². The molecular weight excluding hydrogens is 436 g/mol. The Morgan fingerprint density at radius 1 is 1.09 bits per heavy atom. The fourth-order valence-corrected chi connectivity index (χ4v) is 4.66. The summed E-state index contributed by atoms with van der Waals surface area (Å²) in [5.41, 5.74) is 2.69. The van der Waals surface area contributed by atoms with Gasteiger partial charge in [-0.1, -0.05) is 68.3 Å². The summed E-state index contributed by atoms with van der Waals surface area (Å²) in [6.07, 6.45) is 3.96. The highest BCUT2D eigenvalue weighted by atomic mass is 32.2. The molecule has 2 heterocycles. The number of carbonyl (C=O) groups excluding carboxylic acids is 1. The van der Waals surface area contributed by atoms with Crippen molar-refractivity contribution >= 4 is 23.4 Å². The molecule has 1 aromatic heterocycles. The van der Waals surface area contributed by atoms with Gasteiger partial charge in [-0.2, -0.15) is 4.98 Å². The number of fused-ring (bicyclic) bond motifs is 3. The highest BCUT2D eigenvalue weighted by Crippen LogP contribution is 2.44. The van der Waals surface area contributed by atoms with Crippen molar-refractivity contribution in [2.75, 3.05) is 17.8 Å². The van der Waals surface area contributed by atoms with Gasteiger partial charge in [0, 0.05) is 18.2 Å². The zero-order valence-corrected chi connectivity index (χ0v) is 20.0. The molecule has 0 bridgehead atoms. The van der Waals surface area contributed by atoms with Gasteiger partial charge < -0.3 is 9.47 Å². The van der Waals surface area contributed by atoms with Gasteiger partial charge >= 0.3 is 0 Å². The van der Waals surface area contributed by atoms with Crippen LogP contribution in [-0.2, 0) is 4.79 Å². The normalized spacial score (nSPS) is 14.6. The maximum absolute atomic E-state index is 12.9. The zero-order chi connectivity index (χ0) is 23.2. The smallest absolute Gasteiger partial charge is 0.247 e. The van der Waals surface area contributed by atoms with Gasteiger partial charge in [0.05, 0.1) is 18.4 Å². The number of unbranched alkanes of at least 4 members (excludes halogenated alkanes) is 3. The summed E-state index contributed by atoms with van der Waals surface area (Å²) >= 11 is 1.57. The Balaban J connectivity index is 1.77. The number of thioether (sulfide) groups is 1. The quantitative estimate of drug-likeness (QED) is 0.314. The molecule has 0 radical (unpaired) electrons. The van der Waals surface area contributed by atoms with Gasteiger partial charge in [0.2, 0.25) is 23.2 Å². The van der Waals surface area contributed by atoms with Gasteiger partial charge in [-0.25, -0.2) is 0 Å². The molecule has 1 amide bonds. The van der Waals surface area contributed by atoms with Gasteiger partial charge in [0.25, 0.3) is 0 Å². The Morgan fingerprint density at radius 3 is 2.67 bits per heavy atom. The number of hydrogen-bond acceptors (Lipinski definition) is 7. The summed E-state index contributed by atoms with van der Waals surface area (Å²) in [6, 6.07) is 15.1. The summed E-state index contributed by atoms with van der Waals surface area (Å²) in [6.45, 7) is 3.72. The third kappa shape index (κ3) is 4.95. The minimum Gasteiger partial charge on any atom is -0.496 e. The van der Waals surface area contributed by atoms with Crippen molar-refractivity contribution < 1.29 is 14.3 Å². The SMILES string of the molecule is CCCCCCSc1nnc2c(n1)O[C@H](c1ccccc1OC)N(C(C)=O)c1ccccc1-2. The molecule has 8 heteroatoms. The minimum atomic E-state index is -0.764. The Morgan fingerprint density at radius 2 is 1.88 bits per heavy atom. The summed E-state index contributed by atoms with van der Waals surface area (Å²) in [5, 5.41) is 9.39. The molecule has 1 aliphatic rings. The van der Waals surface area contributed by atoms with E-state index >= 15 is 0 Å². The maximum atomic E-state index is 12.9. The fraction of sp³-hybridized carbons (Fsp3) is 0.360. The van der Waals surface area contributed by atoms with E-state index < -0.39 is 6.23 Å². The number of carbonyl (C=O) groups is 1. The molecule has 1 aliphatic heterocycles. The second-order valence-electron chi connectivity index (χ2n) is 7.78. The van der Waals surface area contributed by atoms with Crippen LogP contribution in [0.1, 0.15) is 51.3 Å². The van der Waals surface area contributed by atoms with Gasteiger partial charge in [-0.05, 0) is 24.6 Å². The van der Waals surface area contributed by atoms with E-state index in [1.54, 1.807) is 23.8 Å². The molecule has 33 heavy (non-hydrogen) atoms. The lowest BCUT2D eigenvalue weighted by Gasteiger charge is -2.30. The number of anilines is 1. The van der Waals surface area contributed by atoms with Crippen LogP contribution in [-0.4, -0.2) is 34.0 Å². The Kier molecular flexibility index (Phi) is 7.44. The topological polar surface area (TPSA) is 77.4 Å². The predicted molar refractivity (Wildman–Crippen MR) is 130 cm³/mol. The van der Waals surface area contributed by atoms with Crippen LogP contribution in [0.3, 0.4) is 0 Å². The van der Waals surface area contributed by atoms with Crippen LogP contribution in [0.15, 0.2) is 53.7 Å². The van der Waals surface area contributed by atoms with Gasteiger partial charge in [0.1, 0.15) is 5.75 Å². The van der Waals surface area contributed by atoms with E-state index in [-0.39, 0.29) is 5.91 Å². The third-order valence-electron chi connectivity index (χ3n) is 5.49. The number of nitrogens with zero attached hydrogens (tertiary/aromatic N) is 4. The van der Waals surface area contributed by atoms with Crippen molar-refractivity contribution in [3.8, 4) is 22.9 Å². The number of ether oxygens (including phenoxy) is 2. The molecule has 0 saturated heterocycles. The van der Waals surface area contributed by atoms with E-state index in [0.29, 0.717) is 28.2 Å². The first-order chi connectivity index (χ1) is 16.1. The number of benzene rings is 2. The molecule has 0 spiro atoms. The van der Waals surface area contributed by atoms with E-state index in [2.05, 4.69) is 17.1 Å². The number of hydrogen-bond donors (Lipinski definition) is 0. The lowest BCUT2D eigenvalue weighted by atomic mass is 10.1. The Labute approximate surface area is 198 Å². The van der Waals surface area contributed by atoms with Crippen LogP contribution >= 0.6 is 11.8 Å². The number of aromatic nitrogens is 3. The van der Waals surface area contributed by atoms with Crippen molar-refractivity contribution in [3.63, 3.8) is 0 Å². The van der Waals surface area contributed by atoms with Crippen LogP contribution in [0.25, 0.3) is 11.3 Å². The van der Waals surface area contributed by atoms with E-state index in [1.165, 1.54) is 26.2 Å². The van der Waals surface area contributed by atoms with E-state index in [1.807, 2.05) is 48.5 Å². The number of para-hydroxylation sites is 2. The Hall–Kier alpha value is -3.13. The van der Waals surface area contributed by atoms with Crippen LogP contribution in [0, 0.1) is 0 Å². The molecule has 7 nitrogen and oxygen atoms in total. The molecule has 1 atom stereocenters. The van der Waals surface area contributed by atoms with Crippen LogP contribution in [0.4, 0.5) is 5.69 Å². The third-order valence-corrected chi connectivity index (χ3v) is 6.41. The molecule has 0 saturated carbocycles. The van der Waals surface area contributed by atoms with Crippen LogP contribution in [0.2, 0.25) is 0 Å². The van der Waals surface area contributed by atoms with E-state index in [4.69, 9.17) is 14.5 Å². The van der Waals surface area contributed by atoms with Crippen molar-refractivity contribution in [2.24, 2.45) is 0 Å². The van der Waals surface area contributed by atoms with Crippen LogP contribution in [0.5, 0.6) is 11.6 Å². The predicted octanol–water partition coefficient (Wildman–Crippen LogP) is 5.66. The monoisotopic (exact) mass is 464 g/mol. The average molecular weight is 465 g/mol. The molecule has 2 aromatic carbocycles. The molecule has 0 unspecified atom stereocenters. The summed E-state index contributed by atoms with van der Waals surface area (Å²) in [7, 11) is 1.60. The first kappa shape index (κ1) is 23.0. The average Bonchev–Trinajstić information content (AvgIpc) is 2.98. The van der Waals surface area contributed by atoms with E-state index in [9.17, 15) is 4.79 Å². The fourth-order valence-electron chi connectivity index (χ4n) is 3.88. The largest absolute Gasteiger partial charge is 0.496 e. The van der Waals surface area contributed by atoms with Crippen molar-refractivity contribution in [2.45, 2.75) is 50.9 Å². The van der Waals surface area contributed by atoms with Gasteiger partial charge in [0.15, 0.2) is 5.69 Å². The molecular formula is C25H28N4O3S. The number of methoxy groups -OCH3 is 1. The summed E-state index contributed by atoms with van der Waals surface area (Å²) in [5.74, 6) is 1.74. The Bertz CT molecular complexity index is 1120. The number of rotatable bonds is 8. The molecule has 0 fully saturated rings. The standard InChI is InChI=1S/C25H28N4O3S/c1-4-5-6-11-16-33-25-26-23-22(27-28-25)18-12-7-9-14-20(18)29(17(2)30)24(32-23)19-13-8-10-15-21(19)31-3/h7-10,12-15,24H,4-6,11,16H2,1-3H3/t24-/m1/s1. The number of amides is 1. The van der Waals surface area contributed by atoms with Gasteiger partial charge in [-0.15, -0.1) is 10.2 Å². The lowest BCUT2D eigenvalue weighted by Crippen LogP contribution is -2.36. The molecule has 0 aliphatic carbocycles. The highest BCUT2D eigenvalue weighted by Gasteiger charge is 2.35. The second-order valence-corrected chi connectivity index (χ2v) is 8.84. The van der Waals surface area contributed by atoms with Gasteiger partial charge in [-0.3, -0.25) is 9.69 Å². The van der Waals surface area contributed by atoms with Crippen LogP contribution < -0.4 is 14.4 Å². The first-order valence-electron chi connectivity index (χ1n) is 11.2. The maximum Gasteiger partial charge on any atom is 0.247 e. The summed E-state index contributed by atoms with van der Waals surface area (Å²) < 4.78 is 12.0. The summed E-state index contributed by atoms with van der Waals surface area (Å²) in [4.78, 5) is 19.2. The van der Waals surface area contributed by atoms with Crippen molar-refractivity contribution in [3.05, 3.63) is 54.1 Å². The second kappa shape index (κ2) is 10.7.